The molecule has 1 N–H and O–H groups in total. The van der Waals surface area contributed by atoms with Crippen molar-refractivity contribution in [1.29, 1.82) is 0 Å². The summed E-state index contributed by atoms with van der Waals surface area (Å²) in [6.45, 7) is 7.04. The smallest absolute Gasteiger partial charge is 0.157 e. The van der Waals surface area contributed by atoms with Gasteiger partial charge in [-0.05, 0) is 51.8 Å². The van der Waals surface area contributed by atoms with Gasteiger partial charge in [-0.25, -0.2) is 4.39 Å². The Hall–Kier alpha value is -0.860. The quantitative estimate of drug-likeness (QED) is 0.742. The molecule has 1 aliphatic rings. The Bertz CT molecular complexity index is 546. The molecule has 0 amide bonds. The molecule has 1 fully saturated rings. The number of methoxy groups -OCH3 is 1. The van der Waals surface area contributed by atoms with Crippen LogP contribution in [0, 0.1) is 5.82 Å². The summed E-state index contributed by atoms with van der Waals surface area (Å²) in [5.41, 5.74) is 0.649. The Morgan fingerprint density at radius 3 is 2.64 bits per heavy atom. The van der Waals surface area contributed by atoms with Gasteiger partial charge in [-0.3, -0.25) is 0 Å². The SMILES string of the molecule is COc1ccc(F)cc1C(CCC1OCCCO1)N[S@+]([O-])C(C)(C)C. The first-order chi connectivity index (χ1) is 11.8. The van der Waals surface area contributed by atoms with Crippen molar-refractivity contribution in [2.75, 3.05) is 20.3 Å². The fourth-order valence-corrected chi connectivity index (χ4v) is 3.42. The largest absolute Gasteiger partial charge is 0.598 e. The van der Waals surface area contributed by atoms with Crippen LogP contribution in [0.1, 0.15) is 51.6 Å². The number of nitrogens with one attached hydrogen (secondary N) is 1. The van der Waals surface area contributed by atoms with E-state index in [1.165, 1.54) is 12.1 Å². The first kappa shape index (κ1) is 20.5. The van der Waals surface area contributed by atoms with Crippen LogP contribution in [0.4, 0.5) is 4.39 Å². The van der Waals surface area contributed by atoms with E-state index >= 15 is 0 Å². The molecule has 1 aromatic rings. The lowest BCUT2D eigenvalue weighted by Crippen LogP contribution is -2.41. The fourth-order valence-electron chi connectivity index (χ4n) is 2.57. The molecule has 0 aliphatic carbocycles. The van der Waals surface area contributed by atoms with Gasteiger partial charge in [0.1, 0.15) is 16.3 Å². The molecule has 2 rings (SSSR count). The number of rotatable bonds is 7. The molecule has 0 saturated carbocycles. The molecule has 142 valence electrons. The summed E-state index contributed by atoms with van der Waals surface area (Å²) >= 11 is -1.30. The number of hydrogen-bond donors (Lipinski definition) is 1. The molecule has 7 heteroatoms. The van der Waals surface area contributed by atoms with Crippen molar-refractivity contribution in [3.63, 3.8) is 0 Å². The van der Waals surface area contributed by atoms with Crippen LogP contribution in [0.25, 0.3) is 0 Å². The minimum atomic E-state index is -1.30. The monoisotopic (exact) mass is 373 g/mol. The zero-order valence-corrected chi connectivity index (χ0v) is 16.2. The Morgan fingerprint density at radius 2 is 2.04 bits per heavy atom. The Balaban J connectivity index is 2.17. The van der Waals surface area contributed by atoms with Crippen molar-refractivity contribution in [1.82, 2.24) is 4.72 Å². The van der Waals surface area contributed by atoms with Crippen molar-refractivity contribution >= 4 is 11.4 Å². The van der Waals surface area contributed by atoms with Gasteiger partial charge in [0, 0.05) is 23.3 Å². The molecule has 1 unspecified atom stereocenters. The van der Waals surface area contributed by atoms with Crippen LogP contribution in [-0.4, -0.2) is 35.9 Å². The molecular formula is C18H28FNO4S. The van der Waals surface area contributed by atoms with Crippen LogP contribution in [0.5, 0.6) is 5.75 Å². The van der Waals surface area contributed by atoms with E-state index in [0.717, 1.165) is 6.42 Å². The summed E-state index contributed by atoms with van der Waals surface area (Å²) in [4.78, 5) is 0. The molecule has 0 aromatic heterocycles. The van der Waals surface area contributed by atoms with Crippen molar-refractivity contribution in [2.45, 2.75) is 57.1 Å². The number of ether oxygens (including phenoxy) is 3. The normalized spacial score (nSPS) is 18.8. The third-order valence-electron chi connectivity index (χ3n) is 3.96. The molecule has 0 radical (unpaired) electrons. The molecule has 1 saturated heterocycles. The van der Waals surface area contributed by atoms with Crippen LogP contribution < -0.4 is 9.46 Å². The topological polar surface area (TPSA) is 62.8 Å². The first-order valence-electron chi connectivity index (χ1n) is 8.56. The average Bonchev–Trinajstić information content (AvgIpc) is 2.58. The van der Waals surface area contributed by atoms with Crippen LogP contribution in [0.15, 0.2) is 18.2 Å². The van der Waals surface area contributed by atoms with E-state index < -0.39 is 16.1 Å². The van der Waals surface area contributed by atoms with Gasteiger partial charge in [0.2, 0.25) is 0 Å². The summed E-state index contributed by atoms with van der Waals surface area (Å²) in [6.07, 6.45) is 1.83. The third kappa shape index (κ3) is 6.11. The maximum absolute atomic E-state index is 13.8. The summed E-state index contributed by atoms with van der Waals surface area (Å²) in [7, 11) is 1.54. The predicted molar refractivity (Wildman–Crippen MR) is 96.3 cm³/mol. The van der Waals surface area contributed by atoms with Gasteiger partial charge < -0.3 is 18.8 Å². The van der Waals surface area contributed by atoms with Gasteiger partial charge in [0.25, 0.3) is 0 Å². The van der Waals surface area contributed by atoms with Crippen molar-refractivity contribution < 1.29 is 23.2 Å². The third-order valence-corrected chi connectivity index (χ3v) is 5.57. The number of hydrogen-bond acceptors (Lipinski definition) is 5. The van der Waals surface area contributed by atoms with Crippen LogP contribution in [0.3, 0.4) is 0 Å². The van der Waals surface area contributed by atoms with Crippen LogP contribution in [-0.2, 0) is 20.8 Å². The molecule has 1 heterocycles. The van der Waals surface area contributed by atoms with Gasteiger partial charge in [-0.1, -0.05) is 0 Å². The fraction of sp³-hybridized carbons (Fsp3) is 0.667. The van der Waals surface area contributed by atoms with E-state index in [-0.39, 0.29) is 18.1 Å². The molecule has 1 aliphatic heterocycles. The van der Waals surface area contributed by atoms with E-state index in [1.807, 2.05) is 20.8 Å². The second kappa shape index (κ2) is 9.19. The maximum atomic E-state index is 13.8. The van der Waals surface area contributed by atoms with E-state index in [4.69, 9.17) is 14.2 Å². The number of benzene rings is 1. The summed E-state index contributed by atoms with van der Waals surface area (Å²) in [5.74, 6) is 0.213. The zero-order valence-electron chi connectivity index (χ0n) is 15.3. The van der Waals surface area contributed by atoms with Crippen molar-refractivity contribution in [2.24, 2.45) is 0 Å². The summed E-state index contributed by atoms with van der Waals surface area (Å²) < 4.78 is 45.6. The highest BCUT2D eigenvalue weighted by Crippen LogP contribution is 2.32. The second-order valence-corrected chi connectivity index (χ2v) is 9.04. The average molecular weight is 373 g/mol. The first-order valence-corrected chi connectivity index (χ1v) is 9.71. The van der Waals surface area contributed by atoms with Crippen LogP contribution >= 0.6 is 0 Å². The van der Waals surface area contributed by atoms with E-state index in [1.54, 1.807) is 13.2 Å². The summed E-state index contributed by atoms with van der Waals surface area (Å²) in [5, 5.41) is 0. The highest BCUT2D eigenvalue weighted by atomic mass is 32.2. The van der Waals surface area contributed by atoms with Crippen molar-refractivity contribution in [3.05, 3.63) is 29.6 Å². The maximum Gasteiger partial charge on any atom is 0.157 e. The van der Waals surface area contributed by atoms with Gasteiger partial charge >= 0.3 is 0 Å². The summed E-state index contributed by atoms with van der Waals surface area (Å²) in [6, 6.07) is 4.04. The molecule has 0 spiro atoms. The van der Waals surface area contributed by atoms with Crippen molar-refractivity contribution in [3.8, 4) is 5.75 Å². The minimum Gasteiger partial charge on any atom is -0.598 e. The van der Waals surface area contributed by atoms with E-state index in [9.17, 15) is 8.94 Å². The number of halogens is 1. The Morgan fingerprint density at radius 1 is 1.36 bits per heavy atom. The predicted octanol–water partition coefficient (Wildman–Crippen LogP) is 3.47. The molecule has 25 heavy (non-hydrogen) atoms. The minimum absolute atomic E-state index is 0.277. The van der Waals surface area contributed by atoms with Gasteiger partial charge in [-0.15, -0.1) is 4.72 Å². The molecule has 2 atom stereocenters. The van der Waals surface area contributed by atoms with Gasteiger partial charge in [0.05, 0.1) is 26.4 Å². The molecule has 5 nitrogen and oxygen atoms in total. The Labute approximate surface area is 152 Å². The molecule has 1 aromatic carbocycles. The Kier molecular flexibility index (Phi) is 7.51. The van der Waals surface area contributed by atoms with Gasteiger partial charge in [0.15, 0.2) is 6.29 Å². The lowest BCUT2D eigenvalue weighted by molar-refractivity contribution is -0.182. The molecule has 0 bridgehead atoms. The highest BCUT2D eigenvalue weighted by molar-refractivity contribution is 7.90. The highest BCUT2D eigenvalue weighted by Gasteiger charge is 2.31. The van der Waals surface area contributed by atoms with E-state index in [2.05, 4.69) is 4.72 Å². The zero-order chi connectivity index (χ0) is 18.4. The van der Waals surface area contributed by atoms with Gasteiger partial charge in [-0.2, -0.15) is 0 Å². The molecular weight excluding hydrogens is 345 g/mol. The second-order valence-electron chi connectivity index (χ2n) is 7.04. The van der Waals surface area contributed by atoms with E-state index in [0.29, 0.717) is 37.4 Å². The standard InChI is InChI=1S/C18H28FNO4S/c1-18(2,3)25(21)20-15(7-9-17-23-10-5-11-24-17)14-12-13(19)6-8-16(14)22-4/h6,8,12,15,17,20H,5,7,9-11H2,1-4H3/t15?,25-/m1/s1. The van der Waals surface area contributed by atoms with Crippen LogP contribution in [0.2, 0.25) is 0 Å². The lowest BCUT2D eigenvalue weighted by atomic mass is 10.0. The lowest BCUT2D eigenvalue weighted by Gasteiger charge is -2.30.